The fourth-order valence-corrected chi connectivity index (χ4v) is 2.71. The summed E-state index contributed by atoms with van der Waals surface area (Å²) in [5.41, 5.74) is 12.7. The first-order valence-corrected chi connectivity index (χ1v) is 6.51. The van der Waals surface area contributed by atoms with Crippen LogP contribution in [0.4, 0.5) is 11.8 Å². The number of rotatable bonds is 2. The van der Waals surface area contributed by atoms with Gasteiger partial charge in [0, 0.05) is 0 Å². The number of nitrogen functional groups attached to an aromatic ring is 2. The molecule has 1 fully saturated rings. The Morgan fingerprint density at radius 1 is 1.42 bits per heavy atom. The molecule has 2 unspecified atom stereocenters. The second-order valence-electron chi connectivity index (χ2n) is 5.04. The maximum Gasteiger partial charge on any atom is 0.224 e. The molecule has 19 heavy (non-hydrogen) atoms. The van der Waals surface area contributed by atoms with Crippen molar-refractivity contribution in [1.29, 1.82) is 0 Å². The number of nitrogens with two attached hydrogens (primary N) is 2. The van der Waals surface area contributed by atoms with E-state index in [0.717, 1.165) is 12.8 Å². The molecule has 0 amide bonds. The van der Waals surface area contributed by atoms with Gasteiger partial charge in [-0.2, -0.15) is 9.97 Å². The van der Waals surface area contributed by atoms with Crippen LogP contribution in [0.25, 0.3) is 11.2 Å². The molecule has 3 heterocycles. The van der Waals surface area contributed by atoms with E-state index in [-0.39, 0.29) is 18.3 Å². The normalized spacial score (nSPS) is 27.2. The highest BCUT2D eigenvalue weighted by atomic mass is 16.5. The molecule has 0 radical (unpaired) electrons. The molecule has 7 nitrogen and oxygen atoms in total. The van der Waals surface area contributed by atoms with Gasteiger partial charge in [-0.15, -0.1) is 0 Å². The Hall–Kier alpha value is -1.89. The second kappa shape index (κ2) is 4.34. The molecule has 0 saturated carbocycles. The minimum Gasteiger partial charge on any atom is -0.382 e. The topological polar surface area (TPSA) is 105 Å². The lowest BCUT2D eigenvalue weighted by atomic mass is 10.0. The van der Waals surface area contributed by atoms with Crippen molar-refractivity contribution in [3.05, 3.63) is 6.33 Å². The molecule has 0 aliphatic carbocycles. The SMILES string of the molecule is CCC1OC(n2cnc3c(N)nc(N)nc32)C[C@H]1C. The Morgan fingerprint density at radius 2 is 2.21 bits per heavy atom. The molecule has 0 spiro atoms. The summed E-state index contributed by atoms with van der Waals surface area (Å²) in [4.78, 5) is 12.4. The zero-order chi connectivity index (χ0) is 13.6. The summed E-state index contributed by atoms with van der Waals surface area (Å²) in [6.07, 6.45) is 3.86. The first kappa shape index (κ1) is 12.2. The highest BCUT2D eigenvalue weighted by molar-refractivity contribution is 5.82. The number of hydrogen-bond donors (Lipinski definition) is 2. The number of aromatic nitrogens is 4. The Morgan fingerprint density at radius 3 is 2.89 bits per heavy atom. The summed E-state index contributed by atoms with van der Waals surface area (Å²) in [5, 5.41) is 0. The lowest BCUT2D eigenvalue weighted by Gasteiger charge is -2.14. The molecule has 7 heteroatoms. The third-order valence-electron chi connectivity index (χ3n) is 3.72. The fourth-order valence-electron chi connectivity index (χ4n) is 2.71. The minimum absolute atomic E-state index is 0.0568. The van der Waals surface area contributed by atoms with Crippen LogP contribution in [-0.4, -0.2) is 25.6 Å². The molecule has 2 aromatic heterocycles. The predicted octanol–water partition coefficient (Wildman–Crippen LogP) is 1.32. The number of imidazole rings is 1. The van der Waals surface area contributed by atoms with E-state index < -0.39 is 0 Å². The zero-order valence-corrected chi connectivity index (χ0v) is 11.1. The Labute approximate surface area is 111 Å². The van der Waals surface area contributed by atoms with Crippen molar-refractivity contribution in [2.24, 2.45) is 5.92 Å². The van der Waals surface area contributed by atoms with Gasteiger partial charge in [-0.05, 0) is 18.8 Å². The van der Waals surface area contributed by atoms with Crippen molar-refractivity contribution in [2.75, 3.05) is 11.5 Å². The van der Waals surface area contributed by atoms with Gasteiger partial charge in [-0.3, -0.25) is 4.57 Å². The molecule has 102 valence electrons. The highest BCUT2D eigenvalue weighted by Crippen LogP contribution is 2.36. The lowest BCUT2D eigenvalue weighted by Crippen LogP contribution is -2.13. The van der Waals surface area contributed by atoms with Crippen LogP contribution in [0.5, 0.6) is 0 Å². The molecule has 3 atom stereocenters. The molecule has 4 N–H and O–H groups in total. The van der Waals surface area contributed by atoms with E-state index in [1.807, 2.05) is 4.57 Å². The average molecular weight is 262 g/mol. The van der Waals surface area contributed by atoms with Crippen LogP contribution in [0.3, 0.4) is 0 Å². The van der Waals surface area contributed by atoms with Crippen LogP contribution < -0.4 is 11.5 Å². The zero-order valence-electron chi connectivity index (χ0n) is 11.1. The summed E-state index contributed by atoms with van der Waals surface area (Å²) in [6, 6.07) is 0. The standard InChI is InChI=1S/C12H18N6O/c1-3-7-6(2)4-8(19-7)18-5-15-9-10(13)16-12(14)17-11(9)18/h5-8H,3-4H2,1-2H3,(H4,13,14,16,17)/t6-,7?,8?/m1/s1. The largest absolute Gasteiger partial charge is 0.382 e. The van der Waals surface area contributed by atoms with Crippen LogP contribution in [-0.2, 0) is 4.74 Å². The molecule has 0 bridgehead atoms. The van der Waals surface area contributed by atoms with E-state index >= 15 is 0 Å². The number of ether oxygens (including phenoxy) is 1. The molecule has 3 rings (SSSR count). The monoisotopic (exact) mass is 262 g/mol. The van der Waals surface area contributed by atoms with Crippen molar-refractivity contribution < 1.29 is 4.74 Å². The van der Waals surface area contributed by atoms with Gasteiger partial charge in [0.25, 0.3) is 0 Å². The van der Waals surface area contributed by atoms with E-state index in [2.05, 4.69) is 28.8 Å². The van der Waals surface area contributed by atoms with E-state index in [1.165, 1.54) is 0 Å². The lowest BCUT2D eigenvalue weighted by molar-refractivity contribution is -0.00303. The van der Waals surface area contributed by atoms with Crippen molar-refractivity contribution in [2.45, 2.75) is 39.0 Å². The summed E-state index contributed by atoms with van der Waals surface area (Å²) in [7, 11) is 0. The second-order valence-corrected chi connectivity index (χ2v) is 5.04. The molecule has 1 aliphatic heterocycles. The van der Waals surface area contributed by atoms with E-state index in [0.29, 0.717) is 22.9 Å². The summed E-state index contributed by atoms with van der Waals surface area (Å²) in [6.45, 7) is 4.33. The maximum absolute atomic E-state index is 6.04. The van der Waals surface area contributed by atoms with Gasteiger partial charge in [0.1, 0.15) is 11.7 Å². The Balaban J connectivity index is 2.02. The highest BCUT2D eigenvalue weighted by Gasteiger charge is 2.33. The molecule has 1 saturated heterocycles. The number of fused-ring (bicyclic) bond motifs is 1. The first-order valence-electron chi connectivity index (χ1n) is 6.51. The number of nitrogens with zero attached hydrogens (tertiary/aromatic N) is 4. The smallest absolute Gasteiger partial charge is 0.224 e. The summed E-state index contributed by atoms with van der Waals surface area (Å²) in [5.74, 6) is 0.980. The van der Waals surface area contributed by atoms with Crippen molar-refractivity contribution in [3.8, 4) is 0 Å². The average Bonchev–Trinajstić information content (AvgIpc) is 2.92. The summed E-state index contributed by atoms with van der Waals surface area (Å²) < 4.78 is 7.93. The van der Waals surface area contributed by atoms with Gasteiger partial charge in [0.15, 0.2) is 11.5 Å². The predicted molar refractivity (Wildman–Crippen MR) is 72.1 cm³/mol. The molecular weight excluding hydrogens is 244 g/mol. The minimum atomic E-state index is -0.0568. The van der Waals surface area contributed by atoms with Crippen molar-refractivity contribution >= 4 is 22.9 Å². The Bertz CT molecular complexity index is 610. The quantitative estimate of drug-likeness (QED) is 0.845. The van der Waals surface area contributed by atoms with E-state index in [4.69, 9.17) is 16.2 Å². The van der Waals surface area contributed by atoms with Crippen LogP contribution in [0.1, 0.15) is 32.9 Å². The van der Waals surface area contributed by atoms with E-state index in [9.17, 15) is 0 Å². The van der Waals surface area contributed by atoms with Crippen molar-refractivity contribution in [3.63, 3.8) is 0 Å². The molecule has 0 aromatic carbocycles. The first-order chi connectivity index (χ1) is 9.10. The van der Waals surface area contributed by atoms with Gasteiger partial charge in [-0.1, -0.05) is 13.8 Å². The fraction of sp³-hybridized carbons (Fsp3) is 0.583. The van der Waals surface area contributed by atoms with Gasteiger partial charge in [-0.25, -0.2) is 4.98 Å². The maximum atomic E-state index is 6.04. The van der Waals surface area contributed by atoms with E-state index in [1.54, 1.807) is 6.33 Å². The third kappa shape index (κ3) is 1.90. The molecular formula is C12H18N6O. The Kier molecular flexibility index (Phi) is 2.78. The third-order valence-corrected chi connectivity index (χ3v) is 3.72. The van der Waals surface area contributed by atoms with Gasteiger partial charge in [0.2, 0.25) is 5.95 Å². The van der Waals surface area contributed by atoms with Crippen LogP contribution in [0.15, 0.2) is 6.33 Å². The number of anilines is 2. The van der Waals surface area contributed by atoms with Gasteiger partial charge >= 0.3 is 0 Å². The number of hydrogen-bond acceptors (Lipinski definition) is 6. The van der Waals surface area contributed by atoms with Gasteiger partial charge < -0.3 is 16.2 Å². The summed E-state index contributed by atoms with van der Waals surface area (Å²) >= 11 is 0. The van der Waals surface area contributed by atoms with Crippen LogP contribution in [0.2, 0.25) is 0 Å². The van der Waals surface area contributed by atoms with Crippen LogP contribution >= 0.6 is 0 Å². The van der Waals surface area contributed by atoms with Crippen LogP contribution in [0, 0.1) is 5.92 Å². The molecule has 1 aliphatic rings. The van der Waals surface area contributed by atoms with Crippen molar-refractivity contribution in [1.82, 2.24) is 19.5 Å². The molecule has 2 aromatic rings. The van der Waals surface area contributed by atoms with Gasteiger partial charge in [0.05, 0.1) is 12.4 Å².